The standard InChI is InChI=1S/C8H12.C7H9.CH3O.Pd/c1-2-4-6-8-7-5-3-1;1-2-7-4-3-6(1)5-7;1-2;/h1-4H,5-8H2;1-2,6H,3-5H2;1H3;/q;;-1;+1. The van der Waals surface area contributed by atoms with Gasteiger partial charge in [0.1, 0.15) is 0 Å². The van der Waals surface area contributed by atoms with Gasteiger partial charge in [0.15, 0.2) is 0 Å². The van der Waals surface area contributed by atoms with Crippen molar-refractivity contribution in [1.82, 2.24) is 0 Å². The minimum absolute atomic E-state index is 0.504. The van der Waals surface area contributed by atoms with Crippen LogP contribution in [0.2, 0.25) is 3.89 Å². The molecule has 0 amide bonds. The van der Waals surface area contributed by atoms with Crippen LogP contribution < -0.4 is 0 Å². The van der Waals surface area contributed by atoms with Crippen molar-refractivity contribution in [2.24, 2.45) is 5.92 Å². The molecule has 1 fully saturated rings. The van der Waals surface area contributed by atoms with Gasteiger partial charge >= 0.3 is 70.1 Å². The van der Waals surface area contributed by atoms with Gasteiger partial charge in [-0.05, 0) is 25.7 Å². The first kappa shape index (κ1) is 14.3. The van der Waals surface area contributed by atoms with Crippen LogP contribution in [0.3, 0.4) is 0 Å². The normalized spacial score (nSPS) is 33.1. The number of hydrogen-bond acceptors (Lipinski definition) is 1. The summed E-state index contributed by atoms with van der Waals surface area (Å²) in [4.78, 5) is 0. The molecule has 0 spiro atoms. The van der Waals surface area contributed by atoms with E-state index in [-0.39, 0.29) is 0 Å². The zero-order valence-electron chi connectivity index (χ0n) is 11.2. The molecule has 0 aliphatic heterocycles. The number of fused-ring (bicyclic) bond motifs is 2. The van der Waals surface area contributed by atoms with Gasteiger partial charge in [-0.15, -0.1) is 0 Å². The Hall–Kier alpha value is -0.158. The Morgan fingerprint density at radius 2 is 1.89 bits per heavy atom. The summed E-state index contributed by atoms with van der Waals surface area (Å²) >= 11 is 0.504. The van der Waals surface area contributed by atoms with Crippen molar-refractivity contribution in [2.75, 3.05) is 7.11 Å². The van der Waals surface area contributed by atoms with Gasteiger partial charge in [-0.2, -0.15) is 0 Å². The monoisotopic (exact) mass is 338 g/mol. The number of hydrogen-bond donors (Lipinski definition) is 0. The molecule has 0 aromatic rings. The van der Waals surface area contributed by atoms with E-state index in [9.17, 15) is 0 Å². The first-order valence-corrected chi connectivity index (χ1v) is 8.40. The van der Waals surface area contributed by atoms with Gasteiger partial charge in [-0.1, -0.05) is 24.3 Å². The van der Waals surface area contributed by atoms with E-state index in [1.54, 1.807) is 0 Å². The van der Waals surface area contributed by atoms with Crippen LogP contribution >= 0.6 is 0 Å². The maximum atomic E-state index is 5.25. The molecule has 3 aliphatic rings. The van der Waals surface area contributed by atoms with Gasteiger partial charge < -0.3 is 0 Å². The fourth-order valence-corrected chi connectivity index (χ4v) is 4.55. The van der Waals surface area contributed by atoms with Gasteiger partial charge in [-0.3, -0.25) is 0 Å². The Bertz CT molecular complexity index is 318. The van der Waals surface area contributed by atoms with E-state index in [0.29, 0.717) is 22.2 Å². The zero-order chi connectivity index (χ0) is 12.7. The molecule has 2 unspecified atom stereocenters. The molecule has 104 valence electrons. The van der Waals surface area contributed by atoms with Crippen molar-refractivity contribution in [1.29, 1.82) is 0 Å². The third kappa shape index (κ3) is 4.20. The number of allylic oxidation sites excluding steroid dienone is 6. The quantitative estimate of drug-likeness (QED) is 0.517. The molecule has 1 nitrogen and oxygen atoms in total. The third-order valence-electron chi connectivity index (χ3n) is 3.73. The molecular formula is C16H24OPd. The Kier molecular flexibility index (Phi) is 5.89. The Labute approximate surface area is 120 Å². The van der Waals surface area contributed by atoms with E-state index >= 15 is 0 Å². The summed E-state index contributed by atoms with van der Waals surface area (Å²) in [7, 11) is 1.82. The van der Waals surface area contributed by atoms with E-state index in [2.05, 4.69) is 36.5 Å². The molecule has 0 aromatic heterocycles. The SMILES string of the molecule is C1=CCCCCC=C1.C[O][Pd][C]12C=CC(CC1)C2. The second-order valence-corrected chi connectivity index (χ2v) is 7.67. The first-order chi connectivity index (χ1) is 8.85. The molecular weight excluding hydrogens is 315 g/mol. The van der Waals surface area contributed by atoms with Crippen LogP contribution in [-0.4, -0.2) is 7.11 Å². The van der Waals surface area contributed by atoms with Crippen LogP contribution in [0, 0.1) is 5.92 Å². The second kappa shape index (κ2) is 7.44. The summed E-state index contributed by atoms with van der Waals surface area (Å²) in [5.41, 5.74) is 0. The van der Waals surface area contributed by atoms with Gasteiger partial charge in [-0.25, -0.2) is 0 Å². The molecule has 3 aliphatic carbocycles. The second-order valence-electron chi connectivity index (χ2n) is 5.17. The number of rotatable bonds is 2. The van der Waals surface area contributed by atoms with Crippen LogP contribution in [-0.2, 0) is 21.8 Å². The third-order valence-corrected chi connectivity index (χ3v) is 5.64. The van der Waals surface area contributed by atoms with E-state index in [0.717, 1.165) is 5.92 Å². The Morgan fingerprint density at radius 3 is 2.33 bits per heavy atom. The molecule has 0 N–H and O–H groups in total. The topological polar surface area (TPSA) is 9.23 Å². The van der Waals surface area contributed by atoms with Gasteiger partial charge in [0.05, 0.1) is 0 Å². The van der Waals surface area contributed by atoms with Gasteiger partial charge in [0.25, 0.3) is 0 Å². The van der Waals surface area contributed by atoms with Crippen LogP contribution in [0.1, 0.15) is 44.9 Å². The molecule has 2 heteroatoms. The minimum atomic E-state index is 0.504. The molecule has 0 radical (unpaired) electrons. The predicted octanol–water partition coefficient (Wildman–Crippen LogP) is 4.83. The van der Waals surface area contributed by atoms with Gasteiger partial charge in [0, 0.05) is 0 Å². The average Bonchev–Trinajstić information content (AvgIpc) is 2.89. The summed E-state index contributed by atoms with van der Waals surface area (Å²) in [6, 6.07) is 0. The average molecular weight is 339 g/mol. The van der Waals surface area contributed by atoms with Crippen molar-refractivity contribution in [3.63, 3.8) is 0 Å². The van der Waals surface area contributed by atoms with Crippen LogP contribution in [0.4, 0.5) is 0 Å². The molecule has 1 saturated carbocycles. The van der Waals surface area contributed by atoms with E-state index in [4.69, 9.17) is 3.46 Å². The summed E-state index contributed by atoms with van der Waals surface area (Å²) in [6.45, 7) is 0. The van der Waals surface area contributed by atoms with Crippen LogP contribution in [0.5, 0.6) is 0 Å². The van der Waals surface area contributed by atoms with Crippen molar-refractivity contribution < 1.29 is 21.8 Å². The molecule has 3 rings (SSSR count). The predicted molar refractivity (Wildman–Crippen MR) is 72.9 cm³/mol. The van der Waals surface area contributed by atoms with E-state index in [1.807, 2.05) is 7.11 Å². The molecule has 2 bridgehead atoms. The molecule has 18 heavy (non-hydrogen) atoms. The molecule has 0 heterocycles. The molecule has 0 aromatic carbocycles. The van der Waals surface area contributed by atoms with Crippen LogP contribution in [0.15, 0.2) is 36.5 Å². The fraction of sp³-hybridized carbons (Fsp3) is 0.625. The van der Waals surface area contributed by atoms with Gasteiger partial charge in [0.2, 0.25) is 0 Å². The van der Waals surface area contributed by atoms with Crippen molar-refractivity contribution in [3.8, 4) is 0 Å². The Balaban J connectivity index is 0.000000138. The fourth-order valence-electron chi connectivity index (χ4n) is 2.74. The summed E-state index contributed by atoms with van der Waals surface area (Å²) in [5, 5.41) is 0. The molecule has 0 saturated heterocycles. The van der Waals surface area contributed by atoms with Crippen molar-refractivity contribution in [2.45, 2.75) is 48.8 Å². The summed E-state index contributed by atoms with van der Waals surface area (Å²) < 4.78 is 5.75. The first-order valence-electron chi connectivity index (χ1n) is 6.99. The Morgan fingerprint density at radius 1 is 1.17 bits per heavy atom. The van der Waals surface area contributed by atoms with Crippen molar-refractivity contribution in [3.05, 3.63) is 36.5 Å². The van der Waals surface area contributed by atoms with E-state index < -0.39 is 0 Å². The van der Waals surface area contributed by atoms with E-state index in [1.165, 1.54) is 44.9 Å². The van der Waals surface area contributed by atoms with Crippen LogP contribution in [0.25, 0.3) is 0 Å². The summed E-state index contributed by atoms with van der Waals surface area (Å²) in [6.07, 6.45) is 22.9. The summed E-state index contributed by atoms with van der Waals surface area (Å²) in [5.74, 6) is 0.897. The zero-order valence-corrected chi connectivity index (χ0v) is 12.8. The maximum absolute atomic E-state index is 5.25. The van der Waals surface area contributed by atoms with Crippen molar-refractivity contribution >= 4 is 0 Å². The molecule has 2 atom stereocenters.